The Morgan fingerprint density at radius 3 is 2.56 bits per heavy atom. The predicted octanol–water partition coefficient (Wildman–Crippen LogP) is 0.184. The molecule has 16 heavy (non-hydrogen) atoms. The van der Waals surface area contributed by atoms with Crippen LogP contribution in [0.25, 0.3) is 6.08 Å². The normalized spacial score (nSPS) is 18.2. The number of hydrogen-bond donors (Lipinski definition) is 3. The molecule has 86 valence electrons. The zero-order valence-corrected chi connectivity index (χ0v) is 8.98. The molecule has 2 rings (SSSR count). The first kappa shape index (κ1) is 11.3. The van der Waals surface area contributed by atoms with Crippen LogP contribution in [0.1, 0.15) is 11.1 Å². The van der Waals surface area contributed by atoms with Crippen molar-refractivity contribution >= 4 is 16.2 Å². The topological polar surface area (TPSA) is 94.8 Å². The lowest BCUT2D eigenvalue weighted by atomic mass is 9.94. The van der Waals surface area contributed by atoms with Gasteiger partial charge in [-0.2, -0.15) is 8.42 Å². The fourth-order valence-electron chi connectivity index (χ4n) is 1.62. The van der Waals surface area contributed by atoms with Crippen LogP contribution in [0, 0.1) is 0 Å². The summed E-state index contributed by atoms with van der Waals surface area (Å²) in [7, 11) is -4.26. The minimum absolute atomic E-state index is 0.109. The molecule has 0 aromatic heterocycles. The summed E-state index contributed by atoms with van der Waals surface area (Å²) in [6.07, 6.45) is 2.61. The summed E-state index contributed by atoms with van der Waals surface area (Å²) in [5, 5.41) is 18.7. The molecule has 0 saturated carbocycles. The van der Waals surface area contributed by atoms with E-state index in [1.54, 1.807) is 0 Å². The first-order valence-electron chi connectivity index (χ1n) is 4.52. The van der Waals surface area contributed by atoms with Crippen molar-refractivity contribution in [2.45, 2.75) is 17.1 Å². The highest BCUT2D eigenvalue weighted by Gasteiger charge is 2.25. The third kappa shape index (κ3) is 2.14. The van der Waals surface area contributed by atoms with Crippen LogP contribution in [-0.4, -0.2) is 29.0 Å². The van der Waals surface area contributed by atoms with E-state index in [9.17, 15) is 18.6 Å². The minimum atomic E-state index is -4.26. The van der Waals surface area contributed by atoms with Crippen LogP contribution in [0.2, 0.25) is 0 Å². The molecule has 0 fully saturated rings. The SMILES string of the molecule is O=S(=O)(O)c1ccc2c(c1)CC(O)(O)C=C2. The highest BCUT2D eigenvalue weighted by Crippen LogP contribution is 2.26. The van der Waals surface area contributed by atoms with Crippen LogP contribution in [0.4, 0.5) is 0 Å². The lowest BCUT2D eigenvalue weighted by molar-refractivity contribution is -0.116. The molecule has 1 aromatic carbocycles. The van der Waals surface area contributed by atoms with Crippen LogP contribution >= 0.6 is 0 Å². The second kappa shape index (κ2) is 3.39. The van der Waals surface area contributed by atoms with Crippen molar-refractivity contribution in [3.63, 3.8) is 0 Å². The van der Waals surface area contributed by atoms with Gasteiger partial charge in [0.25, 0.3) is 10.1 Å². The smallest absolute Gasteiger partial charge is 0.294 e. The fraction of sp³-hybridized carbons (Fsp3) is 0.200. The van der Waals surface area contributed by atoms with E-state index in [2.05, 4.69) is 0 Å². The average molecular weight is 242 g/mol. The second-order valence-corrected chi connectivity index (χ2v) is 5.15. The summed E-state index contributed by atoms with van der Waals surface area (Å²) in [6, 6.07) is 4.00. The van der Waals surface area contributed by atoms with Crippen LogP contribution in [0.5, 0.6) is 0 Å². The summed E-state index contributed by atoms with van der Waals surface area (Å²) in [5.74, 6) is -1.97. The van der Waals surface area contributed by atoms with Crippen molar-refractivity contribution in [2.75, 3.05) is 0 Å². The third-order valence-electron chi connectivity index (χ3n) is 2.39. The Bertz CT molecular complexity index is 557. The molecule has 6 heteroatoms. The fourth-order valence-corrected chi connectivity index (χ4v) is 2.15. The van der Waals surface area contributed by atoms with Crippen LogP contribution in [0.3, 0.4) is 0 Å². The number of hydrogen-bond acceptors (Lipinski definition) is 4. The zero-order valence-electron chi connectivity index (χ0n) is 8.16. The van der Waals surface area contributed by atoms with Gasteiger partial charge < -0.3 is 10.2 Å². The molecule has 1 aliphatic carbocycles. The summed E-state index contributed by atoms with van der Waals surface area (Å²) in [5.41, 5.74) is 1.16. The molecule has 0 aliphatic heterocycles. The Balaban J connectivity index is 2.53. The molecule has 0 bridgehead atoms. The highest BCUT2D eigenvalue weighted by atomic mass is 32.2. The summed E-state index contributed by atoms with van der Waals surface area (Å²) in [4.78, 5) is -0.252. The Morgan fingerprint density at radius 1 is 1.25 bits per heavy atom. The molecule has 1 aliphatic rings. The van der Waals surface area contributed by atoms with Crippen molar-refractivity contribution in [1.82, 2.24) is 0 Å². The van der Waals surface area contributed by atoms with Gasteiger partial charge in [-0.3, -0.25) is 4.55 Å². The van der Waals surface area contributed by atoms with Gasteiger partial charge in [0.15, 0.2) is 5.79 Å². The van der Waals surface area contributed by atoms with Crippen molar-refractivity contribution in [3.8, 4) is 0 Å². The average Bonchev–Trinajstić information content (AvgIpc) is 2.13. The van der Waals surface area contributed by atoms with Gasteiger partial charge in [0.05, 0.1) is 4.90 Å². The lowest BCUT2D eigenvalue weighted by Crippen LogP contribution is -2.30. The molecular formula is C10H10O5S. The van der Waals surface area contributed by atoms with E-state index < -0.39 is 15.9 Å². The molecule has 5 nitrogen and oxygen atoms in total. The molecule has 0 unspecified atom stereocenters. The second-order valence-electron chi connectivity index (χ2n) is 3.72. The highest BCUT2D eigenvalue weighted by molar-refractivity contribution is 7.85. The van der Waals surface area contributed by atoms with Crippen LogP contribution in [0.15, 0.2) is 29.2 Å². The molecule has 0 amide bonds. The number of benzene rings is 1. The van der Waals surface area contributed by atoms with E-state index >= 15 is 0 Å². The van der Waals surface area contributed by atoms with E-state index in [4.69, 9.17) is 4.55 Å². The largest absolute Gasteiger partial charge is 0.362 e. The lowest BCUT2D eigenvalue weighted by Gasteiger charge is -2.23. The van der Waals surface area contributed by atoms with Gasteiger partial charge in [-0.25, -0.2) is 0 Å². The predicted molar refractivity (Wildman–Crippen MR) is 56.2 cm³/mol. The monoisotopic (exact) mass is 242 g/mol. The quantitative estimate of drug-likeness (QED) is 0.482. The number of aliphatic hydroxyl groups is 2. The molecular weight excluding hydrogens is 232 g/mol. The first-order valence-corrected chi connectivity index (χ1v) is 5.96. The first-order chi connectivity index (χ1) is 7.28. The van der Waals surface area contributed by atoms with Gasteiger partial charge in [-0.1, -0.05) is 12.1 Å². The minimum Gasteiger partial charge on any atom is -0.362 e. The van der Waals surface area contributed by atoms with Crippen LogP contribution in [-0.2, 0) is 16.5 Å². The standard InChI is InChI=1S/C10H10O5S/c11-10(12)4-3-7-1-2-9(16(13,14)15)5-8(7)6-10/h1-5,11-12H,6H2,(H,13,14,15). The molecule has 3 N–H and O–H groups in total. The summed E-state index contributed by atoms with van der Waals surface area (Å²) < 4.78 is 30.6. The Hall–Kier alpha value is -1.21. The summed E-state index contributed by atoms with van der Waals surface area (Å²) in [6.45, 7) is 0. The van der Waals surface area contributed by atoms with E-state index in [0.717, 1.165) is 0 Å². The van der Waals surface area contributed by atoms with Crippen molar-refractivity contribution in [2.24, 2.45) is 0 Å². The molecule has 0 heterocycles. The van der Waals surface area contributed by atoms with Crippen molar-refractivity contribution in [1.29, 1.82) is 0 Å². The van der Waals surface area contributed by atoms with Crippen LogP contribution < -0.4 is 0 Å². The maximum Gasteiger partial charge on any atom is 0.294 e. The third-order valence-corrected chi connectivity index (χ3v) is 3.24. The van der Waals surface area contributed by atoms with Gasteiger partial charge in [0.1, 0.15) is 0 Å². The van der Waals surface area contributed by atoms with Gasteiger partial charge in [0.2, 0.25) is 0 Å². The van der Waals surface area contributed by atoms with E-state index in [1.807, 2.05) is 0 Å². The maximum atomic E-state index is 10.9. The summed E-state index contributed by atoms with van der Waals surface area (Å²) >= 11 is 0. The zero-order chi connectivity index (χ0) is 12.0. The van der Waals surface area contributed by atoms with Gasteiger partial charge in [-0.15, -0.1) is 0 Å². The molecule has 0 atom stereocenters. The maximum absolute atomic E-state index is 10.9. The Labute approximate surface area is 92.4 Å². The van der Waals surface area contributed by atoms with Crippen molar-refractivity contribution in [3.05, 3.63) is 35.4 Å². The van der Waals surface area contributed by atoms with Gasteiger partial charge in [-0.05, 0) is 29.3 Å². The molecule has 1 aromatic rings. The number of rotatable bonds is 1. The van der Waals surface area contributed by atoms with Gasteiger partial charge in [0, 0.05) is 6.42 Å². The number of fused-ring (bicyclic) bond motifs is 1. The van der Waals surface area contributed by atoms with E-state index in [0.29, 0.717) is 11.1 Å². The molecule has 0 radical (unpaired) electrons. The Kier molecular flexibility index (Phi) is 2.39. The van der Waals surface area contributed by atoms with Gasteiger partial charge >= 0.3 is 0 Å². The van der Waals surface area contributed by atoms with E-state index in [1.165, 1.54) is 30.4 Å². The van der Waals surface area contributed by atoms with E-state index in [-0.39, 0.29) is 11.3 Å². The Morgan fingerprint density at radius 2 is 1.94 bits per heavy atom. The molecule has 0 spiro atoms. The van der Waals surface area contributed by atoms with Crippen molar-refractivity contribution < 1.29 is 23.2 Å². The molecule has 0 saturated heterocycles.